The predicted molar refractivity (Wildman–Crippen MR) is 113 cm³/mol. The van der Waals surface area contributed by atoms with Crippen LogP contribution in [0.25, 0.3) is 0 Å². The van der Waals surface area contributed by atoms with Crippen LogP contribution in [0, 0.1) is 6.92 Å². The minimum atomic E-state index is -0.579. The quantitative estimate of drug-likeness (QED) is 0.547. The number of benzene rings is 3. The summed E-state index contributed by atoms with van der Waals surface area (Å²) in [6.07, 6.45) is 0. The van der Waals surface area contributed by atoms with E-state index >= 15 is 0 Å². The van der Waals surface area contributed by atoms with Gasteiger partial charge in [-0.25, -0.2) is 0 Å². The van der Waals surface area contributed by atoms with E-state index in [2.05, 4.69) is 21.2 Å². The van der Waals surface area contributed by atoms with E-state index in [4.69, 9.17) is 4.74 Å². The fraction of sp³-hybridized carbons (Fsp3) is 0.130. The molecule has 28 heavy (non-hydrogen) atoms. The smallest absolute Gasteiger partial charge is 0.318 e. The fourth-order valence-electron chi connectivity index (χ4n) is 2.90. The zero-order chi connectivity index (χ0) is 19.9. The summed E-state index contributed by atoms with van der Waals surface area (Å²) in [6.45, 7) is 1.59. The molecule has 0 aliphatic rings. The van der Waals surface area contributed by atoms with Crippen molar-refractivity contribution in [2.45, 2.75) is 12.8 Å². The number of carbonyl (C=O) groups is 2. The van der Waals surface area contributed by atoms with Crippen LogP contribution in [0.2, 0.25) is 0 Å². The normalized spacial score (nSPS) is 10.5. The molecule has 0 aromatic heterocycles. The molecule has 3 rings (SSSR count). The first-order valence-electron chi connectivity index (χ1n) is 8.87. The van der Waals surface area contributed by atoms with E-state index in [-0.39, 0.29) is 12.5 Å². The van der Waals surface area contributed by atoms with E-state index in [0.29, 0.717) is 5.69 Å². The average Bonchev–Trinajstić information content (AvgIpc) is 2.71. The molecule has 5 heteroatoms. The number of esters is 1. The number of halogens is 1. The largest absolute Gasteiger partial charge is 0.455 e. The molecular formula is C23H20BrNO3. The Morgan fingerprint density at radius 3 is 2.04 bits per heavy atom. The molecule has 0 fully saturated rings. The second kappa shape index (κ2) is 9.33. The SMILES string of the molecule is Cc1cc(NC(=O)COC(=O)C(c2ccccc2)c2ccccc2)ccc1Br. The van der Waals surface area contributed by atoms with Crippen LogP contribution in [0.15, 0.2) is 83.3 Å². The van der Waals surface area contributed by atoms with Crippen molar-refractivity contribution in [3.05, 3.63) is 100 Å². The van der Waals surface area contributed by atoms with Gasteiger partial charge in [-0.05, 0) is 41.8 Å². The minimum Gasteiger partial charge on any atom is -0.455 e. The Labute approximate surface area is 172 Å². The maximum atomic E-state index is 12.8. The van der Waals surface area contributed by atoms with Gasteiger partial charge in [0, 0.05) is 10.2 Å². The van der Waals surface area contributed by atoms with Crippen LogP contribution < -0.4 is 5.32 Å². The summed E-state index contributed by atoms with van der Waals surface area (Å²) in [5.74, 6) is -1.42. The van der Waals surface area contributed by atoms with Gasteiger partial charge in [0.2, 0.25) is 0 Å². The van der Waals surface area contributed by atoms with Gasteiger partial charge in [0.15, 0.2) is 6.61 Å². The van der Waals surface area contributed by atoms with Crippen molar-refractivity contribution in [1.82, 2.24) is 0 Å². The molecule has 0 unspecified atom stereocenters. The summed E-state index contributed by atoms with van der Waals surface area (Å²) in [5, 5.41) is 2.75. The molecule has 142 valence electrons. The molecule has 1 N–H and O–H groups in total. The summed E-state index contributed by atoms with van der Waals surface area (Å²) >= 11 is 3.42. The third-order valence-electron chi connectivity index (χ3n) is 4.29. The van der Waals surface area contributed by atoms with Crippen molar-refractivity contribution in [3.8, 4) is 0 Å². The van der Waals surface area contributed by atoms with Crippen LogP contribution >= 0.6 is 15.9 Å². The van der Waals surface area contributed by atoms with Gasteiger partial charge < -0.3 is 10.1 Å². The van der Waals surface area contributed by atoms with Crippen LogP contribution in [-0.2, 0) is 14.3 Å². The lowest BCUT2D eigenvalue weighted by atomic mass is 9.91. The molecule has 0 heterocycles. The van der Waals surface area contributed by atoms with Crippen molar-refractivity contribution >= 4 is 33.5 Å². The maximum Gasteiger partial charge on any atom is 0.318 e. The van der Waals surface area contributed by atoms with Crippen LogP contribution in [0.1, 0.15) is 22.6 Å². The predicted octanol–water partition coefficient (Wildman–Crippen LogP) is 5.07. The molecule has 0 bridgehead atoms. The van der Waals surface area contributed by atoms with Gasteiger partial charge in [-0.3, -0.25) is 9.59 Å². The van der Waals surface area contributed by atoms with E-state index < -0.39 is 11.9 Å². The third kappa shape index (κ3) is 5.08. The standard InChI is InChI=1S/C23H20BrNO3/c1-16-14-19(12-13-20(16)24)25-21(26)15-28-23(27)22(17-8-4-2-5-9-17)18-10-6-3-7-11-18/h2-14,22H,15H2,1H3,(H,25,26). The lowest BCUT2D eigenvalue weighted by Crippen LogP contribution is -2.24. The van der Waals surface area contributed by atoms with E-state index in [1.54, 1.807) is 6.07 Å². The second-order valence-corrected chi connectivity index (χ2v) is 7.23. The van der Waals surface area contributed by atoms with E-state index in [9.17, 15) is 9.59 Å². The van der Waals surface area contributed by atoms with Crippen molar-refractivity contribution in [1.29, 1.82) is 0 Å². The Balaban J connectivity index is 1.68. The summed E-state index contributed by atoms with van der Waals surface area (Å²) in [4.78, 5) is 25.0. The molecule has 4 nitrogen and oxygen atoms in total. The number of aryl methyl sites for hydroxylation is 1. The van der Waals surface area contributed by atoms with Crippen molar-refractivity contribution in [3.63, 3.8) is 0 Å². The highest BCUT2D eigenvalue weighted by atomic mass is 79.9. The highest BCUT2D eigenvalue weighted by Gasteiger charge is 2.24. The van der Waals surface area contributed by atoms with E-state index in [0.717, 1.165) is 21.2 Å². The molecule has 3 aromatic rings. The highest BCUT2D eigenvalue weighted by molar-refractivity contribution is 9.10. The Bertz CT molecular complexity index is 919. The highest BCUT2D eigenvalue weighted by Crippen LogP contribution is 2.26. The molecular weight excluding hydrogens is 418 g/mol. The topological polar surface area (TPSA) is 55.4 Å². The van der Waals surface area contributed by atoms with Crippen molar-refractivity contribution in [2.75, 3.05) is 11.9 Å². The van der Waals surface area contributed by atoms with Crippen molar-refractivity contribution in [2.24, 2.45) is 0 Å². The molecule has 0 aliphatic carbocycles. The molecule has 3 aromatic carbocycles. The van der Waals surface area contributed by atoms with Gasteiger partial charge in [-0.2, -0.15) is 0 Å². The summed E-state index contributed by atoms with van der Waals surface area (Å²) in [5.41, 5.74) is 3.30. The number of nitrogens with one attached hydrogen (secondary N) is 1. The third-order valence-corrected chi connectivity index (χ3v) is 5.18. The lowest BCUT2D eigenvalue weighted by molar-refractivity contribution is -0.147. The average molecular weight is 438 g/mol. The van der Waals surface area contributed by atoms with Gasteiger partial charge in [0.05, 0.1) is 0 Å². The zero-order valence-electron chi connectivity index (χ0n) is 15.4. The molecule has 0 saturated heterocycles. The Hall–Kier alpha value is -2.92. The zero-order valence-corrected chi connectivity index (χ0v) is 17.0. The lowest BCUT2D eigenvalue weighted by Gasteiger charge is -2.17. The number of amides is 1. The Morgan fingerprint density at radius 2 is 1.50 bits per heavy atom. The monoisotopic (exact) mass is 437 g/mol. The first-order valence-corrected chi connectivity index (χ1v) is 9.66. The van der Waals surface area contributed by atoms with Gasteiger partial charge in [0.25, 0.3) is 5.91 Å². The molecule has 0 atom stereocenters. The first-order chi connectivity index (χ1) is 13.5. The summed E-state index contributed by atoms with van der Waals surface area (Å²) in [6, 6.07) is 24.3. The molecule has 0 spiro atoms. The minimum absolute atomic E-state index is 0.343. The Morgan fingerprint density at radius 1 is 0.929 bits per heavy atom. The van der Waals surface area contributed by atoms with E-state index in [1.807, 2.05) is 79.7 Å². The first kappa shape index (κ1) is 19.8. The van der Waals surface area contributed by atoms with Crippen LogP contribution in [-0.4, -0.2) is 18.5 Å². The van der Waals surface area contributed by atoms with Gasteiger partial charge in [-0.15, -0.1) is 0 Å². The van der Waals surface area contributed by atoms with Crippen LogP contribution in [0.3, 0.4) is 0 Å². The van der Waals surface area contributed by atoms with Gasteiger partial charge in [-0.1, -0.05) is 76.6 Å². The van der Waals surface area contributed by atoms with Crippen LogP contribution in [0.4, 0.5) is 5.69 Å². The number of rotatable bonds is 6. The number of anilines is 1. The van der Waals surface area contributed by atoms with E-state index in [1.165, 1.54) is 0 Å². The summed E-state index contributed by atoms with van der Waals surface area (Å²) in [7, 11) is 0. The van der Waals surface area contributed by atoms with Crippen molar-refractivity contribution < 1.29 is 14.3 Å². The van der Waals surface area contributed by atoms with Gasteiger partial charge >= 0.3 is 5.97 Å². The number of hydrogen-bond donors (Lipinski definition) is 1. The molecule has 0 saturated carbocycles. The summed E-state index contributed by atoms with van der Waals surface area (Å²) < 4.78 is 6.30. The molecule has 0 aliphatic heterocycles. The fourth-order valence-corrected chi connectivity index (χ4v) is 3.14. The number of ether oxygens (including phenoxy) is 1. The Kier molecular flexibility index (Phi) is 6.61. The maximum absolute atomic E-state index is 12.8. The second-order valence-electron chi connectivity index (χ2n) is 6.37. The molecule has 1 amide bonds. The number of carbonyl (C=O) groups excluding carboxylic acids is 2. The van der Waals surface area contributed by atoms with Gasteiger partial charge in [0.1, 0.15) is 5.92 Å². The number of hydrogen-bond acceptors (Lipinski definition) is 3. The molecule has 0 radical (unpaired) electrons. The van der Waals surface area contributed by atoms with Crippen LogP contribution in [0.5, 0.6) is 0 Å².